The molecule has 0 saturated heterocycles. The lowest BCUT2D eigenvalue weighted by atomic mass is 9.84. The van der Waals surface area contributed by atoms with Gasteiger partial charge in [0.25, 0.3) is 0 Å². The highest BCUT2D eigenvalue weighted by Crippen LogP contribution is 2.31. The van der Waals surface area contributed by atoms with Crippen molar-refractivity contribution >= 4 is 34.0 Å². The highest BCUT2D eigenvalue weighted by molar-refractivity contribution is 7.14. The summed E-state index contributed by atoms with van der Waals surface area (Å²) in [5.74, 6) is 0.560. The number of para-hydroxylation sites is 1. The topological polar surface area (TPSA) is 80.3 Å². The van der Waals surface area contributed by atoms with Gasteiger partial charge in [0.05, 0.1) is 12.8 Å². The van der Waals surface area contributed by atoms with E-state index < -0.39 is 5.41 Å². The minimum Gasteiger partial charge on any atom is -0.496 e. The molecule has 3 rings (SSSR count). The second kappa shape index (κ2) is 9.09. The molecule has 0 aliphatic heterocycles. The molecular formula is C23H25N3O3S. The summed E-state index contributed by atoms with van der Waals surface area (Å²) in [6.45, 7) is 5.28. The number of benzene rings is 2. The summed E-state index contributed by atoms with van der Waals surface area (Å²) in [6, 6.07) is 15.1. The third-order valence-corrected chi connectivity index (χ3v) is 5.42. The van der Waals surface area contributed by atoms with E-state index >= 15 is 0 Å². The maximum absolute atomic E-state index is 12.9. The van der Waals surface area contributed by atoms with Crippen molar-refractivity contribution in [2.24, 2.45) is 5.41 Å². The summed E-state index contributed by atoms with van der Waals surface area (Å²) in [4.78, 5) is 28.6. The van der Waals surface area contributed by atoms with Crippen molar-refractivity contribution in [2.75, 3.05) is 17.7 Å². The van der Waals surface area contributed by atoms with E-state index in [1.165, 1.54) is 18.3 Å². The van der Waals surface area contributed by atoms with Crippen LogP contribution in [0, 0.1) is 5.41 Å². The monoisotopic (exact) mass is 423 g/mol. The smallest absolute Gasteiger partial charge is 0.232 e. The standard InChI is InChI=1S/C23H25N3O3S/c1-15(27)24-18-11-9-16(10-12-18)19-14-30-22(25-19)26-21(28)23(2,3)13-17-7-5-6-8-20(17)29-4/h5-12,14H,13H2,1-4H3,(H,24,27)(H,25,26,28). The van der Waals surface area contributed by atoms with Crippen molar-refractivity contribution < 1.29 is 14.3 Å². The summed E-state index contributed by atoms with van der Waals surface area (Å²) in [6.07, 6.45) is 0.547. The molecule has 156 valence electrons. The number of thiazole rings is 1. The predicted octanol–water partition coefficient (Wildman–Crippen LogP) is 4.98. The fourth-order valence-electron chi connectivity index (χ4n) is 3.06. The second-order valence-corrected chi connectivity index (χ2v) is 8.48. The van der Waals surface area contributed by atoms with E-state index in [4.69, 9.17) is 4.74 Å². The van der Waals surface area contributed by atoms with Crippen LogP contribution in [0.25, 0.3) is 11.3 Å². The predicted molar refractivity (Wildman–Crippen MR) is 121 cm³/mol. The summed E-state index contributed by atoms with van der Waals surface area (Å²) in [5.41, 5.74) is 2.76. The molecule has 0 aliphatic rings. The Morgan fingerprint density at radius 2 is 1.77 bits per heavy atom. The molecule has 0 fully saturated rings. The van der Waals surface area contributed by atoms with Crippen LogP contribution >= 0.6 is 11.3 Å². The van der Waals surface area contributed by atoms with Crippen molar-refractivity contribution in [2.45, 2.75) is 27.2 Å². The summed E-state index contributed by atoms with van der Waals surface area (Å²) in [7, 11) is 1.63. The van der Waals surface area contributed by atoms with E-state index in [1.807, 2.05) is 67.8 Å². The Bertz CT molecular complexity index is 1040. The zero-order valence-electron chi connectivity index (χ0n) is 17.5. The highest BCUT2D eigenvalue weighted by atomic mass is 32.1. The van der Waals surface area contributed by atoms with Crippen LogP contribution in [0.15, 0.2) is 53.9 Å². The molecule has 0 radical (unpaired) electrons. The molecule has 30 heavy (non-hydrogen) atoms. The normalized spacial score (nSPS) is 11.1. The molecule has 0 aliphatic carbocycles. The van der Waals surface area contributed by atoms with Gasteiger partial charge in [-0.05, 0) is 30.2 Å². The van der Waals surface area contributed by atoms with Gasteiger partial charge in [0.1, 0.15) is 5.75 Å². The number of ether oxygens (including phenoxy) is 1. The third-order valence-electron chi connectivity index (χ3n) is 4.67. The lowest BCUT2D eigenvalue weighted by Gasteiger charge is -2.24. The summed E-state index contributed by atoms with van der Waals surface area (Å²) in [5, 5.41) is 8.12. The second-order valence-electron chi connectivity index (χ2n) is 7.62. The number of carbonyl (C=O) groups is 2. The zero-order valence-corrected chi connectivity index (χ0v) is 18.3. The number of amides is 2. The summed E-state index contributed by atoms with van der Waals surface area (Å²) >= 11 is 1.38. The first-order valence-corrected chi connectivity index (χ1v) is 10.4. The molecule has 0 spiro atoms. The van der Waals surface area contributed by atoms with Gasteiger partial charge in [0.2, 0.25) is 11.8 Å². The van der Waals surface area contributed by atoms with Crippen LogP contribution in [0.1, 0.15) is 26.3 Å². The highest BCUT2D eigenvalue weighted by Gasteiger charge is 2.29. The van der Waals surface area contributed by atoms with Gasteiger partial charge in [-0.15, -0.1) is 11.3 Å². The van der Waals surface area contributed by atoms with Gasteiger partial charge in [-0.25, -0.2) is 4.98 Å². The first kappa shape index (κ1) is 21.5. The van der Waals surface area contributed by atoms with Crippen LogP contribution in [-0.2, 0) is 16.0 Å². The van der Waals surface area contributed by atoms with E-state index in [-0.39, 0.29) is 11.8 Å². The lowest BCUT2D eigenvalue weighted by molar-refractivity contribution is -0.124. The molecule has 1 heterocycles. The molecule has 3 aromatic rings. The Morgan fingerprint density at radius 1 is 1.07 bits per heavy atom. The van der Waals surface area contributed by atoms with Gasteiger partial charge in [0.15, 0.2) is 5.13 Å². The molecular weight excluding hydrogens is 398 g/mol. The van der Waals surface area contributed by atoms with Crippen molar-refractivity contribution in [3.63, 3.8) is 0 Å². The molecule has 0 saturated carbocycles. The lowest BCUT2D eigenvalue weighted by Crippen LogP contribution is -2.32. The maximum Gasteiger partial charge on any atom is 0.232 e. The average Bonchev–Trinajstić information content (AvgIpc) is 3.16. The van der Waals surface area contributed by atoms with Crippen molar-refractivity contribution in [1.82, 2.24) is 4.98 Å². The third kappa shape index (κ3) is 5.24. The van der Waals surface area contributed by atoms with Crippen LogP contribution < -0.4 is 15.4 Å². The number of anilines is 2. The average molecular weight is 424 g/mol. The molecule has 6 nitrogen and oxygen atoms in total. The molecule has 2 aromatic carbocycles. The van der Waals surface area contributed by atoms with Crippen molar-refractivity contribution in [3.05, 3.63) is 59.5 Å². The molecule has 1 aromatic heterocycles. The zero-order chi connectivity index (χ0) is 21.7. The first-order valence-electron chi connectivity index (χ1n) is 9.55. The van der Waals surface area contributed by atoms with E-state index in [0.29, 0.717) is 11.6 Å². The van der Waals surface area contributed by atoms with E-state index in [9.17, 15) is 9.59 Å². The molecule has 0 atom stereocenters. The Morgan fingerprint density at radius 3 is 2.43 bits per heavy atom. The number of nitrogens with one attached hydrogen (secondary N) is 2. The summed E-state index contributed by atoms with van der Waals surface area (Å²) < 4.78 is 5.41. The van der Waals surface area contributed by atoms with Gasteiger partial charge >= 0.3 is 0 Å². The molecule has 0 unspecified atom stereocenters. The van der Waals surface area contributed by atoms with E-state index in [1.54, 1.807) is 7.11 Å². The molecule has 7 heteroatoms. The van der Waals surface area contributed by atoms with Crippen molar-refractivity contribution in [1.29, 1.82) is 0 Å². The number of hydrogen-bond acceptors (Lipinski definition) is 5. The number of hydrogen-bond donors (Lipinski definition) is 2. The fraction of sp³-hybridized carbons (Fsp3) is 0.261. The van der Waals surface area contributed by atoms with Crippen LogP contribution in [0.5, 0.6) is 5.75 Å². The fourth-order valence-corrected chi connectivity index (χ4v) is 3.78. The van der Waals surface area contributed by atoms with Crippen molar-refractivity contribution in [3.8, 4) is 17.0 Å². The van der Waals surface area contributed by atoms with Crippen LogP contribution in [0.2, 0.25) is 0 Å². The minimum atomic E-state index is -0.638. The first-order chi connectivity index (χ1) is 14.3. The van der Waals surface area contributed by atoms with Crippen LogP contribution in [0.4, 0.5) is 10.8 Å². The number of aromatic nitrogens is 1. The number of methoxy groups -OCH3 is 1. The van der Waals surface area contributed by atoms with E-state index in [0.717, 1.165) is 28.3 Å². The minimum absolute atomic E-state index is 0.102. The number of nitrogens with zero attached hydrogens (tertiary/aromatic N) is 1. The number of carbonyl (C=O) groups excluding carboxylic acids is 2. The van der Waals surface area contributed by atoms with Gasteiger partial charge in [-0.1, -0.05) is 44.2 Å². The Balaban J connectivity index is 1.68. The number of rotatable bonds is 7. The van der Waals surface area contributed by atoms with Gasteiger partial charge in [-0.3, -0.25) is 9.59 Å². The Kier molecular flexibility index (Phi) is 6.52. The molecule has 2 N–H and O–H groups in total. The Labute approximate surface area is 180 Å². The Hall–Kier alpha value is -3.19. The van der Waals surface area contributed by atoms with Crippen LogP contribution in [-0.4, -0.2) is 23.9 Å². The maximum atomic E-state index is 12.9. The molecule has 2 amide bonds. The quantitative estimate of drug-likeness (QED) is 0.561. The van der Waals surface area contributed by atoms with Gasteiger partial charge in [-0.2, -0.15) is 0 Å². The largest absolute Gasteiger partial charge is 0.496 e. The van der Waals surface area contributed by atoms with Crippen LogP contribution in [0.3, 0.4) is 0 Å². The van der Waals surface area contributed by atoms with E-state index in [2.05, 4.69) is 15.6 Å². The van der Waals surface area contributed by atoms with Gasteiger partial charge in [0, 0.05) is 29.0 Å². The molecule has 0 bridgehead atoms. The van der Waals surface area contributed by atoms with Gasteiger partial charge < -0.3 is 15.4 Å². The SMILES string of the molecule is COc1ccccc1CC(C)(C)C(=O)Nc1nc(-c2ccc(NC(C)=O)cc2)cs1.